The third kappa shape index (κ3) is 4.32. The number of aromatic hydroxyl groups is 1. The van der Waals surface area contributed by atoms with Gasteiger partial charge in [-0.1, -0.05) is 0 Å². The van der Waals surface area contributed by atoms with Crippen molar-refractivity contribution in [3.8, 4) is 5.75 Å². The molecule has 1 aromatic rings. The van der Waals surface area contributed by atoms with Crippen LogP contribution in [-0.2, 0) is 0 Å². The van der Waals surface area contributed by atoms with Gasteiger partial charge in [-0.2, -0.15) is 0 Å². The first-order chi connectivity index (χ1) is 9.54. The van der Waals surface area contributed by atoms with Gasteiger partial charge >= 0.3 is 0 Å². The van der Waals surface area contributed by atoms with Crippen molar-refractivity contribution in [1.82, 2.24) is 9.80 Å². The molecule has 2 rings (SSSR count). The second-order valence-electron chi connectivity index (χ2n) is 5.91. The second-order valence-corrected chi connectivity index (χ2v) is 5.91. The lowest BCUT2D eigenvalue weighted by molar-refractivity contribution is 0.0925. The van der Waals surface area contributed by atoms with Gasteiger partial charge in [0.25, 0.3) is 0 Å². The Bertz CT molecular complexity index is 436. The van der Waals surface area contributed by atoms with E-state index in [1.807, 2.05) is 7.05 Å². The Morgan fingerprint density at radius 2 is 1.90 bits per heavy atom. The highest BCUT2D eigenvalue weighted by Gasteiger charge is 2.19. The zero-order chi connectivity index (χ0) is 14.5. The molecular formula is C16H24N2O2. The minimum absolute atomic E-state index is 0.112. The maximum atomic E-state index is 12.1. The molecule has 0 aromatic heterocycles. The summed E-state index contributed by atoms with van der Waals surface area (Å²) >= 11 is 0. The number of phenols is 1. The van der Waals surface area contributed by atoms with Crippen LogP contribution in [0, 0.1) is 5.92 Å². The number of likely N-dealkylation sites (tertiary alicyclic amines) is 1. The van der Waals surface area contributed by atoms with E-state index in [0.29, 0.717) is 18.0 Å². The van der Waals surface area contributed by atoms with Crippen molar-refractivity contribution in [3.05, 3.63) is 29.8 Å². The number of likely N-dealkylation sites (N-methyl/N-ethyl adjacent to an activating group) is 1. The number of phenolic OH excluding ortho intramolecular Hbond substituents is 1. The Morgan fingerprint density at radius 1 is 1.30 bits per heavy atom. The fraction of sp³-hybridized carbons (Fsp3) is 0.562. The van der Waals surface area contributed by atoms with E-state index in [2.05, 4.69) is 16.8 Å². The molecule has 0 saturated carbocycles. The highest BCUT2D eigenvalue weighted by molar-refractivity contribution is 5.97. The number of carbonyl (C=O) groups excluding carboxylic acids is 1. The number of Topliss-reactive ketones (excluding diaryl/α,β-unsaturated/α-hetero) is 1. The predicted molar refractivity (Wildman–Crippen MR) is 80.2 cm³/mol. The molecule has 0 atom stereocenters. The molecule has 4 nitrogen and oxygen atoms in total. The molecule has 1 saturated heterocycles. The number of hydrogen-bond donors (Lipinski definition) is 1. The van der Waals surface area contributed by atoms with Gasteiger partial charge < -0.3 is 10.0 Å². The van der Waals surface area contributed by atoms with E-state index in [1.165, 1.54) is 12.8 Å². The van der Waals surface area contributed by atoms with E-state index < -0.39 is 0 Å². The summed E-state index contributed by atoms with van der Waals surface area (Å²) in [6, 6.07) is 6.48. The van der Waals surface area contributed by atoms with Crippen LogP contribution < -0.4 is 0 Å². The standard InChI is InChI=1S/C16H24N2O2/c1-17-9-7-13(8-10-17)11-18(2)12-16(20)14-3-5-15(19)6-4-14/h3-6,13,19H,7-12H2,1-2H3. The predicted octanol–water partition coefficient (Wildman–Crippen LogP) is 1.85. The Hall–Kier alpha value is -1.39. The lowest BCUT2D eigenvalue weighted by Gasteiger charge is -2.31. The number of ketones is 1. The fourth-order valence-electron chi connectivity index (χ4n) is 2.73. The molecule has 0 amide bonds. The monoisotopic (exact) mass is 276 g/mol. The summed E-state index contributed by atoms with van der Waals surface area (Å²) in [6.45, 7) is 3.74. The molecule has 1 aliphatic heterocycles. The van der Waals surface area contributed by atoms with Crippen molar-refractivity contribution in [2.75, 3.05) is 40.3 Å². The van der Waals surface area contributed by atoms with Crippen LogP contribution >= 0.6 is 0 Å². The molecule has 0 bridgehead atoms. The number of carbonyl (C=O) groups is 1. The van der Waals surface area contributed by atoms with E-state index in [4.69, 9.17) is 0 Å². The highest BCUT2D eigenvalue weighted by atomic mass is 16.3. The molecule has 4 heteroatoms. The summed E-state index contributed by atoms with van der Waals surface area (Å²) in [7, 11) is 4.17. The van der Waals surface area contributed by atoms with Crippen molar-refractivity contribution in [2.45, 2.75) is 12.8 Å². The van der Waals surface area contributed by atoms with Crippen LogP contribution in [0.1, 0.15) is 23.2 Å². The Labute approximate surface area is 121 Å². The smallest absolute Gasteiger partial charge is 0.176 e. The lowest BCUT2D eigenvalue weighted by Crippen LogP contribution is -2.37. The SMILES string of the molecule is CN1CCC(CN(C)CC(=O)c2ccc(O)cc2)CC1. The van der Waals surface area contributed by atoms with Gasteiger partial charge in [-0.05, 0) is 70.2 Å². The molecule has 0 aliphatic carbocycles. The number of nitrogens with zero attached hydrogens (tertiary/aromatic N) is 2. The minimum atomic E-state index is 0.112. The third-order valence-electron chi connectivity index (χ3n) is 4.01. The van der Waals surface area contributed by atoms with E-state index in [9.17, 15) is 9.90 Å². The number of piperidine rings is 1. The van der Waals surface area contributed by atoms with Crippen LogP contribution in [0.3, 0.4) is 0 Å². The van der Waals surface area contributed by atoms with Crippen molar-refractivity contribution in [2.24, 2.45) is 5.92 Å². The number of benzene rings is 1. The maximum Gasteiger partial charge on any atom is 0.176 e. The van der Waals surface area contributed by atoms with E-state index in [1.54, 1.807) is 24.3 Å². The molecule has 1 heterocycles. The molecular weight excluding hydrogens is 252 g/mol. The topological polar surface area (TPSA) is 43.8 Å². The molecule has 0 unspecified atom stereocenters. The second kappa shape index (κ2) is 6.86. The van der Waals surface area contributed by atoms with E-state index >= 15 is 0 Å². The number of rotatable bonds is 5. The van der Waals surface area contributed by atoms with Gasteiger partial charge in [-0.15, -0.1) is 0 Å². The summed E-state index contributed by atoms with van der Waals surface area (Å²) in [4.78, 5) is 16.6. The normalized spacial score (nSPS) is 17.6. The minimum Gasteiger partial charge on any atom is -0.508 e. The number of hydrogen-bond acceptors (Lipinski definition) is 4. The van der Waals surface area contributed by atoms with Gasteiger partial charge in [0, 0.05) is 12.1 Å². The Morgan fingerprint density at radius 3 is 2.50 bits per heavy atom. The maximum absolute atomic E-state index is 12.1. The van der Waals surface area contributed by atoms with Crippen LogP contribution in [0.2, 0.25) is 0 Å². The molecule has 110 valence electrons. The average molecular weight is 276 g/mol. The van der Waals surface area contributed by atoms with Crippen LogP contribution in [0.5, 0.6) is 5.75 Å². The Kier molecular flexibility index (Phi) is 5.15. The zero-order valence-corrected chi connectivity index (χ0v) is 12.4. The molecule has 20 heavy (non-hydrogen) atoms. The summed E-state index contributed by atoms with van der Waals surface area (Å²) in [5.41, 5.74) is 0.665. The van der Waals surface area contributed by atoms with Crippen molar-refractivity contribution >= 4 is 5.78 Å². The van der Waals surface area contributed by atoms with E-state index in [0.717, 1.165) is 19.6 Å². The first-order valence-corrected chi connectivity index (χ1v) is 7.24. The Balaban J connectivity index is 1.80. The molecule has 0 spiro atoms. The van der Waals surface area contributed by atoms with Gasteiger partial charge in [0.05, 0.1) is 6.54 Å². The first kappa shape index (κ1) is 15.0. The summed E-state index contributed by atoms with van der Waals surface area (Å²) in [6.07, 6.45) is 2.43. The van der Waals surface area contributed by atoms with Crippen LogP contribution in [0.25, 0.3) is 0 Å². The molecule has 0 radical (unpaired) electrons. The summed E-state index contributed by atoms with van der Waals surface area (Å²) in [5, 5.41) is 9.23. The van der Waals surface area contributed by atoms with Gasteiger partial charge in [0.15, 0.2) is 5.78 Å². The molecule has 1 N–H and O–H groups in total. The third-order valence-corrected chi connectivity index (χ3v) is 4.01. The fourth-order valence-corrected chi connectivity index (χ4v) is 2.73. The van der Waals surface area contributed by atoms with E-state index in [-0.39, 0.29) is 11.5 Å². The largest absolute Gasteiger partial charge is 0.508 e. The van der Waals surface area contributed by atoms with Crippen LogP contribution in [0.4, 0.5) is 0 Å². The lowest BCUT2D eigenvalue weighted by atomic mass is 9.96. The molecule has 1 aliphatic rings. The summed E-state index contributed by atoms with van der Waals surface area (Å²) < 4.78 is 0. The van der Waals surface area contributed by atoms with Crippen LogP contribution in [0.15, 0.2) is 24.3 Å². The first-order valence-electron chi connectivity index (χ1n) is 7.24. The molecule has 1 aromatic carbocycles. The van der Waals surface area contributed by atoms with Gasteiger partial charge in [0.1, 0.15) is 5.75 Å². The zero-order valence-electron chi connectivity index (χ0n) is 12.4. The van der Waals surface area contributed by atoms with Gasteiger partial charge in [0.2, 0.25) is 0 Å². The van der Waals surface area contributed by atoms with Gasteiger partial charge in [-0.3, -0.25) is 9.69 Å². The van der Waals surface area contributed by atoms with Crippen LogP contribution in [-0.4, -0.2) is 61.0 Å². The average Bonchev–Trinajstić information content (AvgIpc) is 2.42. The van der Waals surface area contributed by atoms with Crippen molar-refractivity contribution in [3.63, 3.8) is 0 Å². The quantitative estimate of drug-likeness (QED) is 0.834. The highest BCUT2D eigenvalue weighted by Crippen LogP contribution is 2.17. The summed E-state index contributed by atoms with van der Waals surface area (Å²) in [5.74, 6) is 1.01. The van der Waals surface area contributed by atoms with Crippen molar-refractivity contribution in [1.29, 1.82) is 0 Å². The van der Waals surface area contributed by atoms with Crippen molar-refractivity contribution < 1.29 is 9.90 Å². The van der Waals surface area contributed by atoms with Gasteiger partial charge in [-0.25, -0.2) is 0 Å². The molecule has 1 fully saturated rings.